The van der Waals surface area contributed by atoms with E-state index in [0.29, 0.717) is 11.1 Å². The number of hydrogen-bond acceptors (Lipinski definition) is 8. The van der Waals surface area contributed by atoms with Crippen LogP contribution in [0.15, 0.2) is 36.4 Å². The zero-order valence-electron chi connectivity index (χ0n) is 15.7. The first kappa shape index (κ1) is 21.8. The lowest BCUT2D eigenvalue weighted by Gasteiger charge is -2.32. The Morgan fingerprint density at radius 2 is 1.07 bits per heavy atom. The van der Waals surface area contributed by atoms with E-state index in [-0.39, 0.29) is 23.0 Å². The molecule has 0 spiro atoms. The molecule has 154 valence electrons. The van der Waals surface area contributed by atoms with E-state index in [1.54, 1.807) is 0 Å². The molecule has 6 N–H and O–H groups in total. The van der Waals surface area contributed by atoms with Crippen LogP contribution in [0, 0.1) is 11.8 Å². The zero-order chi connectivity index (χ0) is 20.8. The smallest absolute Gasteiger partial charge is 0.160 e. The van der Waals surface area contributed by atoms with Gasteiger partial charge in [-0.15, -0.1) is 0 Å². The molecule has 4 atom stereocenters. The molecule has 2 rings (SSSR count). The predicted molar refractivity (Wildman–Crippen MR) is 100 cm³/mol. The largest absolute Gasteiger partial charge is 0.504 e. The maximum absolute atomic E-state index is 10.7. The molecule has 0 bridgehead atoms. The summed E-state index contributed by atoms with van der Waals surface area (Å²) >= 11 is 0. The Labute approximate surface area is 162 Å². The fourth-order valence-electron chi connectivity index (χ4n) is 3.19. The number of benzene rings is 2. The van der Waals surface area contributed by atoms with E-state index < -0.39 is 37.3 Å². The van der Waals surface area contributed by atoms with Gasteiger partial charge in [-0.05, 0) is 35.4 Å². The third-order valence-corrected chi connectivity index (χ3v) is 4.87. The molecule has 2 aromatic carbocycles. The van der Waals surface area contributed by atoms with Crippen molar-refractivity contribution in [2.75, 3.05) is 27.4 Å². The van der Waals surface area contributed by atoms with Crippen molar-refractivity contribution in [3.63, 3.8) is 0 Å². The number of aliphatic hydroxyl groups excluding tert-OH is 4. The van der Waals surface area contributed by atoms with Gasteiger partial charge >= 0.3 is 0 Å². The van der Waals surface area contributed by atoms with Crippen molar-refractivity contribution in [2.24, 2.45) is 11.8 Å². The van der Waals surface area contributed by atoms with Crippen molar-refractivity contribution in [1.29, 1.82) is 0 Å². The van der Waals surface area contributed by atoms with Crippen LogP contribution in [0.1, 0.15) is 23.3 Å². The number of aliphatic hydroxyl groups is 4. The third kappa shape index (κ3) is 4.48. The Bertz CT molecular complexity index is 713. The number of hydrogen-bond donors (Lipinski definition) is 6. The monoisotopic (exact) mass is 394 g/mol. The van der Waals surface area contributed by atoms with Crippen LogP contribution in [0.2, 0.25) is 0 Å². The lowest BCUT2D eigenvalue weighted by molar-refractivity contribution is -0.0424. The Morgan fingerprint density at radius 1 is 0.714 bits per heavy atom. The maximum atomic E-state index is 10.7. The molecule has 0 saturated carbocycles. The molecular weight excluding hydrogens is 368 g/mol. The van der Waals surface area contributed by atoms with Gasteiger partial charge in [0.05, 0.1) is 26.4 Å². The molecule has 0 radical (unpaired) electrons. The summed E-state index contributed by atoms with van der Waals surface area (Å²) in [5.74, 6) is -1.75. The van der Waals surface area contributed by atoms with Crippen molar-refractivity contribution >= 4 is 0 Å². The number of phenolic OH excluding ortho intramolecular Hbond substituents is 2. The van der Waals surface area contributed by atoms with Gasteiger partial charge in [-0.3, -0.25) is 0 Å². The number of methoxy groups -OCH3 is 2. The van der Waals surface area contributed by atoms with Gasteiger partial charge in [0, 0.05) is 25.0 Å². The molecule has 0 aliphatic heterocycles. The molecule has 0 aliphatic rings. The normalized spacial score (nSPS) is 15.5. The minimum Gasteiger partial charge on any atom is -0.504 e. The van der Waals surface area contributed by atoms with Crippen LogP contribution in [0.5, 0.6) is 23.0 Å². The number of aromatic hydroxyl groups is 2. The van der Waals surface area contributed by atoms with Crippen molar-refractivity contribution in [3.05, 3.63) is 47.5 Å². The minimum absolute atomic E-state index is 0.103. The molecule has 0 aromatic heterocycles. The molecule has 2 aromatic rings. The van der Waals surface area contributed by atoms with E-state index in [2.05, 4.69) is 0 Å². The molecule has 0 heterocycles. The Balaban J connectivity index is 2.33. The van der Waals surface area contributed by atoms with Crippen LogP contribution in [0.3, 0.4) is 0 Å². The Morgan fingerprint density at radius 3 is 1.36 bits per heavy atom. The van der Waals surface area contributed by atoms with Crippen LogP contribution in [-0.2, 0) is 0 Å². The van der Waals surface area contributed by atoms with Crippen LogP contribution >= 0.6 is 0 Å². The second kappa shape index (κ2) is 9.61. The maximum Gasteiger partial charge on any atom is 0.160 e. The highest BCUT2D eigenvalue weighted by molar-refractivity contribution is 5.43. The average Bonchev–Trinajstić information content (AvgIpc) is 2.71. The van der Waals surface area contributed by atoms with E-state index in [0.717, 1.165) is 0 Å². The molecule has 28 heavy (non-hydrogen) atoms. The van der Waals surface area contributed by atoms with Gasteiger partial charge in [0.25, 0.3) is 0 Å². The number of ether oxygens (including phenoxy) is 2. The first-order valence-electron chi connectivity index (χ1n) is 8.69. The predicted octanol–water partition coefficient (Wildman–Crippen LogP) is 1.10. The number of phenols is 2. The van der Waals surface area contributed by atoms with Gasteiger partial charge in [-0.2, -0.15) is 0 Å². The fraction of sp³-hybridized carbons (Fsp3) is 0.400. The standard InChI is InChI=1S/C20H26O8/c1-27-17-7-11(3-5-15(17)23)19(25)13(9-21)14(10-22)20(26)12-4-6-16(24)18(8-12)28-2/h3-8,13-14,19-26H,9-10H2,1-2H3. The third-order valence-electron chi connectivity index (χ3n) is 4.87. The van der Waals surface area contributed by atoms with Gasteiger partial charge < -0.3 is 40.1 Å². The first-order chi connectivity index (χ1) is 13.4. The van der Waals surface area contributed by atoms with E-state index >= 15 is 0 Å². The molecule has 0 aliphatic carbocycles. The van der Waals surface area contributed by atoms with Crippen LogP contribution in [-0.4, -0.2) is 58.1 Å². The van der Waals surface area contributed by atoms with Gasteiger partial charge in [0.1, 0.15) is 0 Å². The Kier molecular flexibility index (Phi) is 7.47. The van der Waals surface area contributed by atoms with Crippen LogP contribution in [0.4, 0.5) is 0 Å². The van der Waals surface area contributed by atoms with Crippen molar-refractivity contribution < 1.29 is 40.1 Å². The molecule has 0 fully saturated rings. The summed E-state index contributed by atoms with van der Waals surface area (Å²) < 4.78 is 10.1. The second-order valence-electron chi connectivity index (χ2n) is 6.45. The lowest BCUT2D eigenvalue weighted by atomic mass is 9.80. The quantitative estimate of drug-likeness (QED) is 0.372. The molecule has 8 nitrogen and oxygen atoms in total. The highest BCUT2D eigenvalue weighted by atomic mass is 16.5. The second-order valence-corrected chi connectivity index (χ2v) is 6.45. The average molecular weight is 394 g/mol. The van der Waals surface area contributed by atoms with Crippen LogP contribution in [0.25, 0.3) is 0 Å². The molecule has 0 saturated heterocycles. The van der Waals surface area contributed by atoms with E-state index in [9.17, 15) is 30.6 Å². The minimum atomic E-state index is -1.25. The summed E-state index contributed by atoms with van der Waals surface area (Å²) in [6.45, 7) is -1.02. The van der Waals surface area contributed by atoms with Gasteiger partial charge in [0.2, 0.25) is 0 Å². The van der Waals surface area contributed by atoms with Gasteiger partial charge in [0.15, 0.2) is 23.0 Å². The first-order valence-corrected chi connectivity index (χ1v) is 8.69. The molecular formula is C20H26O8. The van der Waals surface area contributed by atoms with E-state index in [1.165, 1.54) is 50.6 Å². The molecule has 0 amide bonds. The summed E-state index contributed by atoms with van der Waals surface area (Å²) in [6, 6.07) is 8.48. The lowest BCUT2D eigenvalue weighted by Crippen LogP contribution is -2.32. The van der Waals surface area contributed by atoms with Crippen LogP contribution < -0.4 is 9.47 Å². The number of rotatable bonds is 9. The van der Waals surface area contributed by atoms with E-state index in [1.807, 2.05) is 0 Å². The van der Waals surface area contributed by atoms with Crippen molar-refractivity contribution in [2.45, 2.75) is 12.2 Å². The van der Waals surface area contributed by atoms with Crippen molar-refractivity contribution in [1.82, 2.24) is 0 Å². The summed E-state index contributed by atoms with van der Waals surface area (Å²) in [7, 11) is 2.74. The molecule has 4 unspecified atom stereocenters. The zero-order valence-corrected chi connectivity index (χ0v) is 15.7. The highest BCUT2D eigenvalue weighted by Gasteiger charge is 2.34. The van der Waals surface area contributed by atoms with Gasteiger partial charge in [-0.25, -0.2) is 0 Å². The van der Waals surface area contributed by atoms with Gasteiger partial charge in [-0.1, -0.05) is 12.1 Å². The summed E-state index contributed by atoms with van der Waals surface area (Å²) in [6.07, 6.45) is -2.49. The van der Waals surface area contributed by atoms with E-state index in [4.69, 9.17) is 9.47 Å². The Hall–Kier alpha value is -2.52. The molecule has 8 heteroatoms. The summed E-state index contributed by atoms with van der Waals surface area (Å²) in [4.78, 5) is 0. The van der Waals surface area contributed by atoms with Crippen molar-refractivity contribution in [3.8, 4) is 23.0 Å². The summed E-state index contributed by atoms with van der Waals surface area (Å²) in [5.41, 5.74) is 0.699. The SMILES string of the molecule is COc1cc(C(O)C(CO)C(CO)C(O)c2ccc(O)c(OC)c2)ccc1O. The topological polar surface area (TPSA) is 140 Å². The highest BCUT2D eigenvalue weighted by Crippen LogP contribution is 2.39. The summed E-state index contributed by atoms with van der Waals surface area (Å²) in [5, 5.41) is 60.6. The fourth-order valence-corrected chi connectivity index (χ4v) is 3.19.